The van der Waals surface area contributed by atoms with E-state index < -0.39 is 17.7 Å². The van der Waals surface area contributed by atoms with Crippen molar-refractivity contribution in [3.63, 3.8) is 0 Å². The predicted octanol–water partition coefficient (Wildman–Crippen LogP) is 5.74. The molecule has 37 heavy (non-hydrogen) atoms. The molecule has 1 aliphatic heterocycles. The number of rotatable bonds is 8. The molecule has 1 fully saturated rings. The van der Waals surface area contributed by atoms with E-state index in [2.05, 4.69) is 0 Å². The summed E-state index contributed by atoms with van der Waals surface area (Å²) in [4.78, 5) is 28.6. The Kier molecular flexibility index (Phi) is 7.53. The summed E-state index contributed by atoms with van der Waals surface area (Å²) in [5.41, 5.74) is 3.28. The summed E-state index contributed by atoms with van der Waals surface area (Å²) in [6, 6.07) is 16.9. The molecule has 1 N–H and O–H groups in total. The van der Waals surface area contributed by atoms with Gasteiger partial charge in [0.25, 0.3) is 11.7 Å². The number of aliphatic hydroxyl groups is 1. The number of anilines is 1. The number of benzene rings is 3. The molecular weight excluding hydrogens is 470 g/mol. The lowest BCUT2D eigenvalue weighted by Gasteiger charge is -2.28. The molecular formula is C30H31NO6. The average Bonchev–Trinajstić information content (AvgIpc) is 3.14. The highest BCUT2D eigenvalue weighted by atomic mass is 16.5. The van der Waals surface area contributed by atoms with Crippen molar-refractivity contribution in [3.8, 4) is 17.2 Å². The summed E-state index contributed by atoms with van der Waals surface area (Å²) in [7, 11) is 1.53. The number of ether oxygens (including phenoxy) is 3. The Morgan fingerprint density at radius 3 is 2.32 bits per heavy atom. The third kappa shape index (κ3) is 4.77. The Hall–Kier alpha value is -4.26. The van der Waals surface area contributed by atoms with Crippen molar-refractivity contribution in [1.29, 1.82) is 0 Å². The van der Waals surface area contributed by atoms with Crippen LogP contribution in [0.4, 0.5) is 5.69 Å². The highest BCUT2D eigenvalue weighted by Crippen LogP contribution is 2.46. The molecule has 7 nitrogen and oxygen atoms in total. The molecule has 1 aliphatic rings. The summed E-state index contributed by atoms with van der Waals surface area (Å²) in [6.45, 7) is 8.35. The van der Waals surface area contributed by atoms with Gasteiger partial charge < -0.3 is 19.3 Å². The number of hydrogen-bond donors (Lipinski definition) is 1. The largest absolute Gasteiger partial charge is 0.507 e. The second-order valence-corrected chi connectivity index (χ2v) is 8.72. The van der Waals surface area contributed by atoms with Gasteiger partial charge in [0, 0.05) is 17.3 Å². The number of para-hydroxylation sites is 1. The number of aliphatic hydroxyl groups excluding tert-OH is 1. The molecule has 1 atom stereocenters. The lowest BCUT2D eigenvalue weighted by Crippen LogP contribution is -2.30. The number of aryl methyl sites for hydroxylation is 2. The molecule has 1 amide bonds. The minimum atomic E-state index is -0.918. The zero-order chi connectivity index (χ0) is 26.7. The quantitative estimate of drug-likeness (QED) is 0.241. The van der Waals surface area contributed by atoms with E-state index in [1.807, 2.05) is 58.0 Å². The lowest BCUT2D eigenvalue weighted by molar-refractivity contribution is -0.132. The van der Waals surface area contributed by atoms with Crippen molar-refractivity contribution < 1.29 is 28.9 Å². The van der Waals surface area contributed by atoms with E-state index in [-0.39, 0.29) is 11.3 Å². The maximum absolute atomic E-state index is 13.6. The van der Waals surface area contributed by atoms with Crippen molar-refractivity contribution in [2.24, 2.45) is 0 Å². The Bertz CT molecular complexity index is 1380. The highest BCUT2D eigenvalue weighted by Gasteiger charge is 2.48. The number of carbonyl (C=O) groups excluding carboxylic acids is 2. The van der Waals surface area contributed by atoms with Crippen molar-refractivity contribution in [3.05, 3.63) is 88.5 Å². The first kappa shape index (κ1) is 25.8. The zero-order valence-corrected chi connectivity index (χ0v) is 21.7. The molecule has 192 valence electrons. The Morgan fingerprint density at radius 1 is 0.919 bits per heavy atom. The Balaban J connectivity index is 2.00. The summed E-state index contributed by atoms with van der Waals surface area (Å²) >= 11 is 0. The van der Waals surface area contributed by atoms with Crippen LogP contribution in [0.2, 0.25) is 0 Å². The summed E-state index contributed by atoms with van der Waals surface area (Å²) in [6.07, 6.45) is 0. The standard InChI is InChI=1S/C30H31NO6/c1-6-36-20-13-14-22(25(17-20)37-7-2)28(32)26-27(21-10-8-9-11-24(21)35-5)31(30(34)29(26)33)23-15-12-18(3)16-19(23)4/h8-17,27,32H,6-7H2,1-5H3/b28-26+. The second kappa shape index (κ2) is 10.8. The van der Waals surface area contributed by atoms with Gasteiger partial charge in [0.1, 0.15) is 23.0 Å². The summed E-state index contributed by atoms with van der Waals surface area (Å²) in [5, 5.41) is 11.6. The van der Waals surface area contributed by atoms with E-state index in [0.29, 0.717) is 47.3 Å². The van der Waals surface area contributed by atoms with Gasteiger partial charge in [-0.3, -0.25) is 14.5 Å². The molecule has 0 saturated carbocycles. The smallest absolute Gasteiger partial charge is 0.300 e. The third-order valence-electron chi connectivity index (χ3n) is 6.31. The first-order valence-corrected chi connectivity index (χ1v) is 12.2. The fourth-order valence-electron chi connectivity index (χ4n) is 4.72. The minimum Gasteiger partial charge on any atom is -0.507 e. The maximum Gasteiger partial charge on any atom is 0.300 e. The normalized spacial score (nSPS) is 16.7. The molecule has 0 bridgehead atoms. The number of amides is 1. The minimum absolute atomic E-state index is 0.0420. The number of nitrogens with zero attached hydrogens (tertiary/aromatic N) is 1. The lowest BCUT2D eigenvalue weighted by atomic mass is 9.94. The van der Waals surface area contributed by atoms with Gasteiger partial charge >= 0.3 is 0 Å². The van der Waals surface area contributed by atoms with Crippen LogP contribution in [0, 0.1) is 13.8 Å². The molecule has 0 spiro atoms. The number of ketones is 1. The summed E-state index contributed by atoms with van der Waals surface area (Å²) < 4.78 is 17.0. The average molecular weight is 502 g/mol. The van der Waals surface area contributed by atoms with Crippen LogP contribution in [0.5, 0.6) is 17.2 Å². The van der Waals surface area contributed by atoms with Gasteiger partial charge in [0.05, 0.1) is 37.5 Å². The summed E-state index contributed by atoms with van der Waals surface area (Å²) in [5.74, 6) is -0.431. The van der Waals surface area contributed by atoms with Gasteiger partial charge in [-0.15, -0.1) is 0 Å². The van der Waals surface area contributed by atoms with Crippen molar-refractivity contribution in [2.75, 3.05) is 25.2 Å². The molecule has 3 aromatic rings. The van der Waals surface area contributed by atoms with Gasteiger partial charge in [-0.1, -0.05) is 35.9 Å². The van der Waals surface area contributed by atoms with Crippen LogP contribution in [0.3, 0.4) is 0 Å². The Morgan fingerprint density at radius 2 is 1.65 bits per heavy atom. The molecule has 1 heterocycles. The molecule has 1 saturated heterocycles. The molecule has 1 unspecified atom stereocenters. The molecule has 0 aliphatic carbocycles. The monoisotopic (exact) mass is 501 g/mol. The van der Waals surface area contributed by atoms with E-state index >= 15 is 0 Å². The first-order chi connectivity index (χ1) is 17.8. The van der Waals surface area contributed by atoms with Gasteiger partial charge in [-0.25, -0.2) is 0 Å². The number of hydrogen-bond acceptors (Lipinski definition) is 6. The Labute approximate surface area is 216 Å². The number of carbonyl (C=O) groups is 2. The topological polar surface area (TPSA) is 85.3 Å². The third-order valence-corrected chi connectivity index (χ3v) is 6.31. The number of Topliss-reactive ketones (excluding diaryl/α,β-unsaturated/α-hetero) is 1. The van der Waals surface area contributed by atoms with Crippen LogP contribution < -0.4 is 19.1 Å². The first-order valence-electron chi connectivity index (χ1n) is 12.2. The van der Waals surface area contributed by atoms with Crippen LogP contribution >= 0.6 is 0 Å². The zero-order valence-electron chi connectivity index (χ0n) is 21.7. The van der Waals surface area contributed by atoms with Crippen molar-refractivity contribution >= 4 is 23.1 Å². The molecule has 7 heteroatoms. The van der Waals surface area contributed by atoms with Crippen LogP contribution in [0.1, 0.15) is 42.1 Å². The van der Waals surface area contributed by atoms with Gasteiger partial charge in [-0.05, 0) is 57.5 Å². The van der Waals surface area contributed by atoms with Gasteiger partial charge in [0.15, 0.2) is 0 Å². The molecule has 0 radical (unpaired) electrons. The van der Waals surface area contributed by atoms with Gasteiger partial charge in [0.2, 0.25) is 0 Å². The van der Waals surface area contributed by atoms with Gasteiger partial charge in [-0.2, -0.15) is 0 Å². The van der Waals surface area contributed by atoms with Crippen LogP contribution in [-0.2, 0) is 9.59 Å². The van der Waals surface area contributed by atoms with Crippen LogP contribution in [-0.4, -0.2) is 37.1 Å². The van der Waals surface area contributed by atoms with E-state index in [1.165, 1.54) is 12.0 Å². The van der Waals surface area contributed by atoms with E-state index in [4.69, 9.17) is 14.2 Å². The molecule has 3 aromatic carbocycles. The SMILES string of the molecule is CCOc1ccc(/C(O)=C2\C(=O)C(=O)N(c3ccc(C)cc3C)C2c2ccccc2OC)c(OCC)c1. The fraction of sp³-hybridized carbons (Fsp3) is 0.267. The second-order valence-electron chi connectivity index (χ2n) is 8.72. The number of methoxy groups -OCH3 is 1. The highest BCUT2D eigenvalue weighted by molar-refractivity contribution is 6.51. The predicted molar refractivity (Wildman–Crippen MR) is 142 cm³/mol. The molecule has 4 rings (SSSR count). The maximum atomic E-state index is 13.6. The fourth-order valence-corrected chi connectivity index (χ4v) is 4.72. The van der Waals surface area contributed by atoms with Crippen LogP contribution in [0.15, 0.2) is 66.2 Å². The van der Waals surface area contributed by atoms with Crippen molar-refractivity contribution in [2.45, 2.75) is 33.7 Å². The van der Waals surface area contributed by atoms with Crippen LogP contribution in [0.25, 0.3) is 5.76 Å². The van der Waals surface area contributed by atoms with Crippen molar-refractivity contribution in [1.82, 2.24) is 0 Å². The van der Waals surface area contributed by atoms with E-state index in [0.717, 1.165) is 11.1 Å². The van der Waals surface area contributed by atoms with E-state index in [9.17, 15) is 14.7 Å². The molecule has 0 aromatic heterocycles. The van der Waals surface area contributed by atoms with E-state index in [1.54, 1.807) is 30.3 Å².